The van der Waals surface area contributed by atoms with Crippen LogP contribution in [0.4, 0.5) is 18.9 Å². The molecule has 0 saturated carbocycles. The lowest BCUT2D eigenvalue weighted by molar-refractivity contribution is -0.138. The fourth-order valence-electron chi connectivity index (χ4n) is 1.30. The Balaban J connectivity index is 3.02. The molecular formula is C12H11BrF3N. The summed E-state index contributed by atoms with van der Waals surface area (Å²) in [6.45, 7) is 1.86. The zero-order chi connectivity index (χ0) is 13.1. The van der Waals surface area contributed by atoms with Crippen molar-refractivity contribution < 1.29 is 13.2 Å². The molecule has 1 aromatic rings. The van der Waals surface area contributed by atoms with Crippen molar-refractivity contribution in [2.24, 2.45) is 0 Å². The zero-order valence-corrected chi connectivity index (χ0v) is 10.7. The number of hydrogen-bond donors (Lipinski definition) is 1. The van der Waals surface area contributed by atoms with E-state index < -0.39 is 11.7 Å². The van der Waals surface area contributed by atoms with Crippen molar-refractivity contribution in [3.8, 4) is 12.3 Å². The van der Waals surface area contributed by atoms with Gasteiger partial charge < -0.3 is 5.32 Å². The highest BCUT2D eigenvalue weighted by Crippen LogP contribution is 2.36. The number of nitrogens with one attached hydrogen (secondary N) is 1. The van der Waals surface area contributed by atoms with E-state index in [0.717, 1.165) is 6.07 Å². The third-order valence-electron chi connectivity index (χ3n) is 2.22. The van der Waals surface area contributed by atoms with Gasteiger partial charge in [-0.2, -0.15) is 13.2 Å². The molecule has 92 valence electrons. The molecule has 0 fully saturated rings. The molecule has 1 unspecified atom stereocenters. The van der Waals surface area contributed by atoms with Crippen molar-refractivity contribution in [1.29, 1.82) is 0 Å². The highest BCUT2D eigenvalue weighted by atomic mass is 79.9. The minimum absolute atomic E-state index is 0.0179. The van der Waals surface area contributed by atoms with Crippen molar-refractivity contribution in [2.75, 3.05) is 5.32 Å². The van der Waals surface area contributed by atoms with Crippen LogP contribution < -0.4 is 5.32 Å². The molecular weight excluding hydrogens is 295 g/mol. The summed E-state index contributed by atoms with van der Waals surface area (Å²) < 4.78 is 37.9. The predicted molar refractivity (Wildman–Crippen MR) is 65.7 cm³/mol. The highest BCUT2D eigenvalue weighted by Gasteiger charge is 2.33. The third-order valence-corrected chi connectivity index (χ3v) is 2.91. The minimum atomic E-state index is -4.38. The molecule has 0 aliphatic heterocycles. The summed E-state index contributed by atoms with van der Waals surface area (Å²) in [4.78, 5) is 0. The summed E-state index contributed by atoms with van der Waals surface area (Å²) in [5.74, 6) is 2.47. The molecule has 0 amide bonds. The Bertz CT molecular complexity index is 434. The number of terminal acetylenes is 1. The Morgan fingerprint density at radius 1 is 1.47 bits per heavy atom. The summed E-state index contributed by atoms with van der Waals surface area (Å²) in [5.41, 5.74) is -0.348. The Morgan fingerprint density at radius 2 is 2.12 bits per heavy atom. The molecule has 0 heterocycles. The van der Waals surface area contributed by atoms with Crippen molar-refractivity contribution in [1.82, 2.24) is 0 Å². The molecule has 1 aromatic carbocycles. The lowest BCUT2D eigenvalue weighted by Gasteiger charge is -2.15. The van der Waals surface area contributed by atoms with Gasteiger partial charge in [-0.25, -0.2) is 0 Å². The standard InChI is InChI=1S/C12H11BrF3N/c1-3-8(4-2)17-9-5-6-11(13)10(7-9)12(14,15)16/h1,5-8,17H,4H2,2H3. The van der Waals surface area contributed by atoms with Gasteiger partial charge in [0.25, 0.3) is 0 Å². The van der Waals surface area contributed by atoms with Gasteiger partial charge in [0, 0.05) is 10.2 Å². The van der Waals surface area contributed by atoms with E-state index >= 15 is 0 Å². The number of halogens is 4. The summed E-state index contributed by atoms with van der Waals surface area (Å²) >= 11 is 2.88. The summed E-state index contributed by atoms with van der Waals surface area (Å²) in [5, 5.41) is 2.86. The van der Waals surface area contributed by atoms with Crippen LogP contribution in [0.15, 0.2) is 22.7 Å². The average molecular weight is 306 g/mol. The number of alkyl halides is 3. The Morgan fingerprint density at radius 3 is 2.59 bits per heavy atom. The van der Waals surface area contributed by atoms with E-state index in [4.69, 9.17) is 6.42 Å². The van der Waals surface area contributed by atoms with E-state index in [-0.39, 0.29) is 10.5 Å². The number of hydrogen-bond acceptors (Lipinski definition) is 1. The minimum Gasteiger partial charge on any atom is -0.372 e. The summed E-state index contributed by atoms with van der Waals surface area (Å²) in [7, 11) is 0. The summed E-state index contributed by atoms with van der Waals surface area (Å²) in [6.07, 6.45) is 1.51. The van der Waals surface area contributed by atoms with Crippen LogP contribution in [-0.4, -0.2) is 6.04 Å². The molecule has 1 rings (SSSR count). The fraction of sp³-hybridized carbons (Fsp3) is 0.333. The van der Waals surface area contributed by atoms with E-state index in [2.05, 4.69) is 27.2 Å². The van der Waals surface area contributed by atoms with Gasteiger partial charge in [-0.15, -0.1) is 6.42 Å². The van der Waals surface area contributed by atoms with Crippen LogP contribution in [0.3, 0.4) is 0 Å². The first-order valence-electron chi connectivity index (χ1n) is 4.98. The lowest BCUT2D eigenvalue weighted by atomic mass is 10.1. The van der Waals surface area contributed by atoms with E-state index in [0.29, 0.717) is 12.1 Å². The van der Waals surface area contributed by atoms with Crippen molar-refractivity contribution >= 4 is 21.6 Å². The van der Waals surface area contributed by atoms with Crippen LogP contribution in [0, 0.1) is 12.3 Å². The first kappa shape index (κ1) is 13.9. The second kappa shape index (κ2) is 5.46. The van der Waals surface area contributed by atoms with Crippen LogP contribution in [0.1, 0.15) is 18.9 Å². The first-order chi connectivity index (χ1) is 7.88. The van der Waals surface area contributed by atoms with Gasteiger partial charge in [-0.3, -0.25) is 0 Å². The summed E-state index contributed by atoms with van der Waals surface area (Å²) in [6, 6.07) is 3.69. The molecule has 17 heavy (non-hydrogen) atoms. The van der Waals surface area contributed by atoms with Gasteiger partial charge in [0.05, 0.1) is 11.6 Å². The van der Waals surface area contributed by atoms with Crippen molar-refractivity contribution in [2.45, 2.75) is 25.6 Å². The molecule has 0 radical (unpaired) electrons. The van der Waals surface area contributed by atoms with Crippen LogP contribution in [0.25, 0.3) is 0 Å². The first-order valence-corrected chi connectivity index (χ1v) is 5.77. The monoisotopic (exact) mass is 305 g/mol. The van der Waals surface area contributed by atoms with Crippen LogP contribution in [0.5, 0.6) is 0 Å². The molecule has 0 spiro atoms. The van der Waals surface area contributed by atoms with Crippen molar-refractivity contribution in [3.63, 3.8) is 0 Å². The van der Waals surface area contributed by atoms with E-state index in [1.54, 1.807) is 6.07 Å². The molecule has 0 bridgehead atoms. The molecule has 0 aliphatic rings. The quantitative estimate of drug-likeness (QED) is 0.821. The van der Waals surface area contributed by atoms with E-state index in [9.17, 15) is 13.2 Å². The van der Waals surface area contributed by atoms with Crippen LogP contribution in [0.2, 0.25) is 0 Å². The van der Waals surface area contributed by atoms with Crippen molar-refractivity contribution in [3.05, 3.63) is 28.2 Å². The van der Waals surface area contributed by atoms with Gasteiger partial charge in [-0.05, 0) is 24.6 Å². The molecule has 1 nitrogen and oxygen atoms in total. The Hall–Kier alpha value is -1.15. The van der Waals surface area contributed by atoms with E-state index in [1.807, 2.05) is 6.92 Å². The second-order valence-electron chi connectivity index (χ2n) is 3.46. The second-order valence-corrected chi connectivity index (χ2v) is 4.32. The topological polar surface area (TPSA) is 12.0 Å². The largest absolute Gasteiger partial charge is 0.417 e. The maximum Gasteiger partial charge on any atom is 0.417 e. The number of anilines is 1. The Labute approximate surface area is 107 Å². The maximum atomic E-state index is 12.6. The SMILES string of the molecule is C#CC(CC)Nc1ccc(Br)c(C(F)(F)F)c1. The zero-order valence-electron chi connectivity index (χ0n) is 9.11. The molecule has 0 aromatic heterocycles. The van der Waals surface area contributed by atoms with Crippen LogP contribution in [-0.2, 0) is 6.18 Å². The van der Waals surface area contributed by atoms with Gasteiger partial charge in [-0.1, -0.05) is 28.8 Å². The third kappa shape index (κ3) is 3.67. The van der Waals surface area contributed by atoms with Gasteiger partial charge in [0.15, 0.2) is 0 Å². The predicted octanol–water partition coefficient (Wildman–Crippen LogP) is 4.29. The van der Waals surface area contributed by atoms with Gasteiger partial charge >= 0.3 is 6.18 Å². The van der Waals surface area contributed by atoms with E-state index in [1.165, 1.54) is 6.07 Å². The van der Waals surface area contributed by atoms with Gasteiger partial charge in [0.1, 0.15) is 0 Å². The lowest BCUT2D eigenvalue weighted by Crippen LogP contribution is -2.16. The molecule has 0 aliphatic carbocycles. The molecule has 1 N–H and O–H groups in total. The molecule has 1 atom stereocenters. The van der Waals surface area contributed by atoms with Gasteiger partial charge in [0.2, 0.25) is 0 Å². The normalized spacial score (nSPS) is 12.9. The molecule has 5 heteroatoms. The smallest absolute Gasteiger partial charge is 0.372 e. The highest BCUT2D eigenvalue weighted by molar-refractivity contribution is 9.10. The number of benzene rings is 1. The Kier molecular flexibility index (Phi) is 4.47. The number of rotatable bonds is 3. The molecule has 0 saturated heterocycles. The average Bonchev–Trinajstić information content (AvgIpc) is 2.26. The fourth-order valence-corrected chi connectivity index (χ4v) is 1.77. The maximum absolute atomic E-state index is 12.6. The van der Waals surface area contributed by atoms with Crippen LogP contribution >= 0.6 is 15.9 Å².